The largest absolute Gasteiger partial charge is 0.412 e. The molecule has 4 nitrogen and oxygen atoms in total. The molecule has 0 spiro atoms. The van der Waals surface area contributed by atoms with Crippen LogP contribution < -0.4 is 0 Å². The molecule has 0 aliphatic carbocycles. The van der Waals surface area contributed by atoms with Crippen LogP contribution in [0.25, 0.3) is 5.65 Å². The maximum atomic E-state index is 6.25. The van der Waals surface area contributed by atoms with Crippen molar-refractivity contribution in [1.82, 2.24) is 14.6 Å². The van der Waals surface area contributed by atoms with Crippen LogP contribution in [0.5, 0.6) is 0 Å². The van der Waals surface area contributed by atoms with Gasteiger partial charge in [-0.2, -0.15) is 5.10 Å². The smallest absolute Gasteiger partial charge is 0.192 e. The zero-order chi connectivity index (χ0) is 15.1. The van der Waals surface area contributed by atoms with Crippen molar-refractivity contribution >= 4 is 25.6 Å². The van der Waals surface area contributed by atoms with Crippen molar-refractivity contribution in [3.8, 4) is 0 Å². The molecule has 0 bridgehead atoms. The van der Waals surface area contributed by atoms with Gasteiger partial charge in [0.15, 0.2) is 19.1 Å². The van der Waals surface area contributed by atoms with Gasteiger partial charge in [-0.1, -0.05) is 32.4 Å². The highest BCUT2D eigenvalue weighted by molar-refractivity contribution is 6.74. The Morgan fingerprint density at radius 3 is 2.60 bits per heavy atom. The summed E-state index contributed by atoms with van der Waals surface area (Å²) in [5.74, 6) is 0. The molecule has 0 radical (unpaired) electrons. The highest BCUT2D eigenvalue weighted by atomic mass is 35.5. The third-order valence-corrected chi connectivity index (χ3v) is 8.65. The average Bonchev–Trinajstić information content (AvgIpc) is 2.64. The van der Waals surface area contributed by atoms with Crippen LogP contribution in [0.1, 0.15) is 32.0 Å². The van der Waals surface area contributed by atoms with Gasteiger partial charge in [0, 0.05) is 5.56 Å². The zero-order valence-electron chi connectivity index (χ0n) is 13.0. The molecule has 6 heteroatoms. The summed E-state index contributed by atoms with van der Waals surface area (Å²) >= 11 is 6.07. The lowest BCUT2D eigenvalue weighted by Gasteiger charge is -2.36. The van der Waals surface area contributed by atoms with Crippen molar-refractivity contribution in [2.45, 2.75) is 52.4 Å². The molecule has 110 valence electrons. The highest BCUT2D eigenvalue weighted by Crippen LogP contribution is 2.37. The molecule has 0 aliphatic rings. The van der Waals surface area contributed by atoms with E-state index in [0.29, 0.717) is 11.8 Å². The van der Waals surface area contributed by atoms with E-state index in [2.05, 4.69) is 43.9 Å². The lowest BCUT2D eigenvalue weighted by Crippen LogP contribution is -2.40. The number of imidazole rings is 1. The molecule has 0 unspecified atom stereocenters. The first-order chi connectivity index (χ1) is 9.10. The number of halogens is 1. The molecular formula is C14H22ClN3OSi. The molecule has 2 aromatic rings. The van der Waals surface area contributed by atoms with Gasteiger partial charge >= 0.3 is 0 Å². The number of hydrogen-bond donors (Lipinski definition) is 0. The third-order valence-electron chi connectivity index (χ3n) is 3.99. The van der Waals surface area contributed by atoms with Crippen molar-refractivity contribution in [2.24, 2.45) is 0 Å². The second-order valence-corrected chi connectivity index (χ2v) is 11.9. The molecule has 0 saturated carbocycles. The molecule has 0 amide bonds. The minimum absolute atomic E-state index is 0.186. The van der Waals surface area contributed by atoms with Crippen LogP contribution in [-0.2, 0) is 11.0 Å². The summed E-state index contributed by atoms with van der Waals surface area (Å²) in [7, 11) is -1.79. The number of aromatic nitrogens is 3. The van der Waals surface area contributed by atoms with Crippen LogP contribution in [0.4, 0.5) is 0 Å². The van der Waals surface area contributed by atoms with E-state index in [1.165, 1.54) is 0 Å². The molecule has 0 fully saturated rings. The molecule has 2 rings (SSSR count). The molecular weight excluding hydrogens is 290 g/mol. The first-order valence-electron chi connectivity index (χ1n) is 6.75. The Bertz CT molecular complexity index is 631. The van der Waals surface area contributed by atoms with E-state index < -0.39 is 8.32 Å². The predicted molar refractivity (Wildman–Crippen MR) is 84.7 cm³/mol. The predicted octanol–water partition coefficient (Wildman–Crippen LogP) is 4.21. The molecule has 0 aromatic carbocycles. The van der Waals surface area contributed by atoms with Crippen molar-refractivity contribution in [3.05, 3.63) is 28.7 Å². The maximum Gasteiger partial charge on any atom is 0.192 e. The third kappa shape index (κ3) is 3.05. The van der Waals surface area contributed by atoms with E-state index in [9.17, 15) is 0 Å². The van der Waals surface area contributed by atoms with Gasteiger partial charge in [0.25, 0.3) is 0 Å². The molecule has 20 heavy (non-hydrogen) atoms. The van der Waals surface area contributed by atoms with E-state index in [4.69, 9.17) is 16.0 Å². The summed E-state index contributed by atoms with van der Waals surface area (Å²) in [5, 5.41) is 4.87. The number of hydrogen-bond acceptors (Lipinski definition) is 3. The topological polar surface area (TPSA) is 39.4 Å². The number of rotatable bonds is 3. The lowest BCUT2D eigenvalue weighted by molar-refractivity contribution is 0.277. The van der Waals surface area contributed by atoms with E-state index >= 15 is 0 Å². The Morgan fingerprint density at radius 2 is 2.00 bits per heavy atom. The summed E-state index contributed by atoms with van der Waals surface area (Å²) in [6.45, 7) is 13.6. The van der Waals surface area contributed by atoms with Gasteiger partial charge in [0.2, 0.25) is 0 Å². The molecule has 2 heterocycles. The zero-order valence-corrected chi connectivity index (χ0v) is 14.7. The Kier molecular flexibility index (Phi) is 3.97. The summed E-state index contributed by atoms with van der Waals surface area (Å²) in [6, 6.07) is 1.84. The van der Waals surface area contributed by atoms with E-state index in [0.717, 1.165) is 16.9 Å². The minimum atomic E-state index is -1.79. The summed E-state index contributed by atoms with van der Waals surface area (Å²) < 4.78 is 7.98. The van der Waals surface area contributed by atoms with Crippen LogP contribution in [0.15, 0.2) is 12.3 Å². The van der Waals surface area contributed by atoms with Crippen LogP contribution in [0, 0.1) is 6.92 Å². The van der Waals surface area contributed by atoms with E-state index in [1.807, 2.05) is 19.2 Å². The van der Waals surface area contributed by atoms with Crippen LogP contribution in [0.2, 0.25) is 23.3 Å². The van der Waals surface area contributed by atoms with Gasteiger partial charge in [-0.3, -0.25) is 0 Å². The van der Waals surface area contributed by atoms with Crippen LogP contribution in [-0.4, -0.2) is 22.9 Å². The van der Waals surface area contributed by atoms with Crippen LogP contribution in [0.3, 0.4) is 0 Å². The normalized spacial score (nSPS) is 13.2. The number of nitrogens with zero attached hydrogens (tertiary/aromatic N) is 3. The molecule has 0 aliphatic heterocycles. The Morgan fingerprint density at radius 1 is 1.35 bits per heavy atom. The Labute approximate surface area is 126 Å². The number of aryl methyl sites for hydroxylation is 1. The Hall–Kier alpha value is -0.913. The van der Waals surface area contributed by atoms with Crippen molar-refractivity contribution in [1.29, 1.82) is 0 Å². The first-order valence-corrected chi connectivity index (χ1v) is 10.0. The van der Waals surface area contributed by atoms with Gasteiger partial charge in [-0.05, 0) is 31.1 Å². The fourth-order valence-electron chi connectivity index (χ4n) is 1.70. The summed E-state index contributed by atoms with van der Waals surface area (Å²) in [6.07, 6.45) is 1.87. The summed E-state index contributed by atoms with van der Waals surface area (Å²) in [5.41, 5.74) is 2.74. The molecule has 0 saturated heterocycles. The average molecular weight is 312 g/mol. The van der Waals surface area contributed by atoms with Crippen molar-refractivity contribution in [2.75, 3.05) is 0 Å². The van der Waals surface area contributed by atoms with Gasteiger partial charge in [0.05, 0.1) is 18.5 Å². The van der Waals surface area contributed by atoms with E-state index in [1.54, 1.807) is 4.52 Å². The molecule has 2 aromatic heterocycles. The second kappa shape index (κ2) is 5.13. The van der Waals surface area contributed by atoms with Crippen molar-refractivity contribution < 1.29 is 4.43 Å². The fraction of sp³-hybridized carbons (Fsp3) is 0.571. The monoisotopic (exact) mass is 311 g/mol. The molecule has 0 atom stereocenters. The first kappa shape index (κ1) is 15.5. The summed E-state index contributed by atoms with van der Waals surface area (Å²) in [4.78, 5) is 4.49. The quantitative estimate of drug-likeness (QED) is 0.797. The highest BCUT2D eigenvalue weighted by Gasteiger charge is 2.37. The van der Waals surface area contributed by atoms with Gasteiger partial charge in [0.1, 0.15) is 0 Å². The fourth-order valence-corrected chi connectivity index (χ4v) is 2.86. The Balaban J connectivity index is 2.30. The van der Waals surface area contributed by atoms with Gasteiger partial charge in [-0.25, -0.2) is 9.50 Å². The number of fused-ring (bicyclic) bond motifs is 1. The lowest BCUT2D eigenvalue weighted by atomic mass is 10.2. The van der Waals surface area contributed by atoms with Crippen molar-refractivity contribution in [3.63, 3.8) is 0 Å². The SMILES string of the molecule is Cc1cn2nc(Cl)cc(CO[Si](C)(C)C(C)(C)C)c2n1. The molecule has 0 N–H and O–H groups in total. The van der Waals surface area contributed by atoms with Gasteiger partial charge < -0.3 is 4.43 Å². The second-order valence-electron chi connectivity index (χ2n) is 6.69. The standard InChI is InChI=1S/C14H22ClN3OSi/c1-10-8-18-13(16-10)11(7-12(15)17-18)9-19-20(5,6)14(2,3)4/h7-8H,9H2,1-6H3. The maximum absolute atomic E-state index is 6.25. The van der Waals surface area contributed by atoms with Crippen LogP contribution >= 0.6 is 11.6 Å². The minimum Gasteiger partial charge on any atom is -0.412 e. The van der Waals surface area contributed by atoms with E-state index in [-0.39, 0.29) is 5.04 Å². The van der Waals surface area contributed by atoms with Gasteiger partial charge in [-0.15, -0.1) is 0 Å².